The molecule has 0 bridgehead atoms. The molecule has 1 nitrogen and oxygen atoms in total. The Morgan fingerprint density at radius 2 is 2.27 bits per heavy atom. The Kier molecular flexibility index (Phi) is 3.02. The van der Waals surface area contributed by atoms with Crippen molar-refractivity contribution in [1.82, 2.24) is 4.98 Å². The first-order valence-electron chi connectivity index (χ1n) is 5.02. The predicted molar refractivity (Wildman–Crippen MR) is 66.1 cm³/mol. The second-order valence-electron chi connectivity index (χ2n) is 3.38. The summed E-state index contributed by atoms with van der Waals surface area (Å²) in [4.78, 5) is 4.25. The van der Waals surface area contributed by atoms with E-state index in [4.69, 9.17) is 11.6 Å². The van der Waals surface area contributed by atoms with Crippen molar-refractivity contribution in [2.24, 2.45) is 0 Å². The summed E-state index contributed by atoms with van der Waals surface area (Å²) in [5, 5.41) is 1.88. The fourth-order valence-electron chi connectivity index (χ4n) is 1.48. The lowest BCUT2D eigenvalue weighted by atomic mass is 10.1. The van der Waals surface area contributed by atoms with Crippen LogP contribution in [-0.2, 0) is 0 Å². The lowest BCUT2D eigenvalue weighted by Gasteiger charge is -2.01. The number of hydrogen-bond acceptors (Lipinski definition) is 1. The van der Waals surface area contributed by atoms with E-state index in [0.29, 0.717) is 0 Å². The van der Waals surface area contributed by atoms with Crippen molar-refractivity contribution in [3.8, 4) is 0 Å². The van der Waals surface area contributed by atoms with Crippen molar-refractivity contribution in [3.05, 3.63) is 47.1 Å². The molecule has 0 atom stereocenters. The topological polar surface area (TPSA) is 12.9 Å². The Bertz CT molecular complexity index is 503. The minimum absolute atomic E-state index is 0.755. The van der Waals surface area contributed by atoms with Crippen LogP contribution in [0.2, 0.25) is 5.02 Å². The molecule has 0 aliphatic carbocycles. The van der Waals surface area contributed by atoms with Gasteiger partial charge in [-0.3, -0.25) is 4.98 Å². The van der Waals surface area contributed by atoms with E-state index in [0.717, 1.165) is 27.9 Å². The highest BCUT2D eigenvalue weighted by atomic mass is 35.5. The summed E-state index contributed by atoms with van der Waals surface area (Å²) in [6.45, 7) is 2.10. The van der Waals surface area contributed by atoms with Gasteiger partial charge in [0.25, 0.3) is 0 Å². The molecule has 1 heterocycles. The van der Waals surface area contributed by atoms with Crippen molar-refractivity contribution < 1.29 is 0 Å². The van der Waals surface area contributed by atoms with Gasteiger partial charge in [0.05, 0.1) is 5.52 Å². The van der Waals surface area contributed by atoms with Crippen LogP contribution in [0.4, 0.5) is 0 Å². The van der Waals surface area contributed by atoms with Crippen LogP contribution in [0.3, 0.4) is 0 Å². The number of halogens is 1. The average Bonchev–Trinajstić information content (AvgIpc) is 2.26. The van der Waals surface area contributed by atoms with Crippen LogP contribution >= 0.6 is 11.6 Å². The molecule has 0 saturated heterocycles. The molecule has 2 aromatic rings. The van der Waals surface area contributed by atoms with Crippen LogP contribution in [0, 0.1) is 0 Å². The zero-order chi connectivity index (χ0) is 10.7. The van der Waals surface area contributed by atoms with Gasteiger partial charge < -0.3 is 0 Å². The summed E-state index contributed by atoms with van der Waals surface area (Å²) < 4.78 is 0. The first-order valence-corrected chi connectivity index (χ1v) is 5.40. The summed E-state index contributed by atoms with van der Waals surface area (Å²) >= 11 is 6.15. The number of hydrogen-bond donors (Lipinski definition) is 0. The van der Waals surface area contributed by atoms with Gasteiger partial charge in [0, 0.05) is 16.6 Å². The van der Waals surface area contributed by atoms with Crippen molar-refractivity contribution >= 4 is 28.6 Å². The monoisotopic (exact) mass is 217 g/mol. The Morgan fingerprint density at radius 1 is 1.40 bits per heavy atom. The fraction of sp³-hybridized carbons (Fsp3) is 0.154. The van der Waals surface area contributed by atoms with Gasteiger partial charge >= 0.3 is 0 Å². The van der Waals surface area contributed by atoms with Crippen molar-refractivity contribution in [2.45, 2.75) is 13.3 Å². The molecule has 0 saturated carbocycles. The molecule has 0 spiro atoms. The highest BCUT2D eigenvalue weighted by Crippen LogP contribution is 2.23. The van der Waals surface area contributed by atoms with Gasteiger partial charge in [-0.2, -0.15) is 0 Å². The number of fused-ring (bicyclic) bond motifs is 1. The molecule has 1 aromatic carbocycles. The van der Waals surface area contributed by atoms with E-state index in [1.807, 2.05) is 18.2 Å². The van der Waals surface area contributed by atoms with E-state index in [2.05, 4.69) is 30.1 Å². The molecule has 1 aromatic heterocycles. The van der Waals surface area contributed by atoms with Crippen molar-refractivity contribution in [2.75, 3.05) is 0 Å². The molecule has 0 unspecified atom stereocenters. The van der Waals surface area contributed by atoms with Crippen LogP contribution in [-0.4, -0.2) is 4.98 Å². The third kappa shape index (κ3) is 2.18. The Hall–Kier alpha value is -1.34. The van der Waals surface area contributed by atoms with E-state index in [-0.39, 0.29) is 0 Å². The smallest absolute Gasteiger partial charge is 0.0717 e. The maximum absolute atomic E-state index is 6.15. The normalized spacial score (nSPS) is 11.3. The van der Waals surface area contributed by atoms with E-state index in [1.165, 1.54) is 0 Å². The molecule has 0 fully saturated rings. The van der Waals surface area contributed by atoms with Gasteiger partial charge in [0.2, 0.25) is 0 Å². The first-order chi connectivity index (χ1) is 7.31. The second kappa shape index (κ2) is 4.45. The summed E-state index contributed by atoms with van der Waals surface area (Å²) in [5.74, 6) is 0. The maximum Gasteiger partial charge on any atom is 0.0717 e. The number of nitrogens with zero attached hydrogens (tertiary/aromatic N) is 1. The van der Waals surface area contributed by atoms with Crippen molar-refractivity contribution in [3.63, 3.8) is 0 Å². The van der Waals surface area contributed by atoms with E-state index in [1.54, 1.807) is 6.20 Å². The van der Waals surface area contributed by atoms with Crippen LogP contribution in [0.15, 0.2) is 36.5 Å². The Morgan fingerprint density at radius 3 is 3.07 bits per heavy atom. The van der Waals surface area contributed by atoms with Gasteiger partial charge in [-0.05, 0) is 30.2 Å². The fourth-order valence-corrected chi connectivity index (χ4v) is 1.71. The molecule has 2 heteroatoms. The third-order valence-corrected chi connectivity index (χ3v) is 2.58. The van der Waals surface area contributed by atoms with Gasteiger partial charge in [0.15, 0.2) is 0 Å². The minimum atomic E-state index is 0.755. The van der Waals surface area contributed by atoms with Gasteiger partial charge in [0.1, 0.15) is 0 Å². The van der Waals surface area contributed by atoms with Crippen LogP contribution in [0.1, 0.15) is 18.9 Å². The number of rotatable bonds is 2. The van der Waals surface area contributed by atoms with Crippen LogP contribution < -0.4 is 0 Å². The quantitative estimate of drug-likeness (QED) is 0.731. The first kappa shape index (κ1) is 10.2. The molecular formula is C13H12ClN. The average molecular weight is 218 g/mol. The van der Waals surface area contributed by atoms with Gasteiger partial charge in [-0.1, -0.05) is 36.7 Å². The Balaban J connectivity index is 2.57. The molecule has 2 rings (SSSR count). The molecule has 0 amide bonds. The highest BCUT2D eigenvalue weighted by molar-refractivity contribution is 6.32. The van der Waals surface area contributed by atoms with E-state index < -0.39 is 0 Å². The standard InChI is InChI=1S/C13H12ClN/c1-2-3-5-10-8-11-6-4-7-15-13(11)9-12(10)14/h3-9H,2H2,1H3/b5-3+. The van der Waals surface area contributed by atoms with E-state index in [9.17, 15) is 0 Å². The SMILES string of the molecule is CC/C=C/c1cc2cccnc2cc1Cl. The lowest BCUT2D eigenvalue weighted by molar-refractivity contribution is 1.23. The molecule has 0 aliphatic rings. The summed E-state index contributed by atoms with van der Waals surface area (Å²) in [7, 11) is 0. The predicted octanol–water partition coefficient (Wildman–Crippen LogP) is 4.31. The maximum atomic E-state index is 6.15. The molecule has 0 N–H and O–H groups in total. The number of allylic oxidation sites excluding steroid dienone is 1. The molecule has 15 heavy (non-hydrogen) atoms. The van der Waals surface area contributed by atoms with Crippen molar-refractivity contribution in [1.29, 1.82) is 0 Å². The molecule has 76 valence electrons. The zero-order valence-electron chi connectivity index (χ0n) is 8.57. The number of pyridine rings is 1. The number of benzene rings is 1. The summed E-state index contributed by atoms with van der Waals surface area (Å²) in [5.41, 5.74) is 2.00. The largest absolute Gasteiger partial charge is 0.256 e. The van der Waals surface area contributed by atoms with Gasteiger partial charge in [-0.25, -0.2) is 0 Å². The molecular weight excluding hydrogens is 206 g/mol. The van der Waals surface area contributed by atoms with Crippen LogP contribution in [0.5, 0.6) is 0 Å². The van der Waals surface area contributed by atoms with Crippen LogP contribution in [0.25, 0.3) is 17.0 Å². The molecule has 0 aliphatic heterocycles. The lowest BCUT2D eigenvalue weighted by Crippen LogP contribution is -1.81. The minimum Gasteiger partial charge on any atom is -0.256 e. The zero-order valence-corrected chi connectivity index (χ0v) is 9.33. The highest BCUT2D eigenvalue weighted by Gasteiger charge is 2.00. The Labute approximate surface area is 94.4 Å². The van der Waals surface area contributed by atoms with E-state index >= 15 is 0 Å². The summed E-state index contributed by atoms with van der Waals surface area (Å²) in [6.07, 6.45) is 6.94. The second-order valence-corrected chi connectivity index (χ2v) is 3.79. The third-order valence-electron chi connectivity index (χ3n) is 2.25. The van der Waals surface area contributed by atoms with Gasteiger partial charge in [-0.15, -0.1) is 0 Å². The number of aromatic nitrogens is 1. The molecule has 0 radical (unpaired) electrons. The summed E-state index contributed by atoms with van der Waals surface area (Å²) in [6, 6.07) is 7.95.